The number of hydrogen-bond acceptors (Lipinski definition) is 2. The number of likely N-dealkylation sites (tertiary alicyclic amines) is 1. The Balaban J connectivity index is 2.57. The molecule has 1 aliphatic heterocycles. The van der Waals surface area contributed by atoms with Crippen molar-refractivity contribution in [2.24, 2.45) is 17.1 Å². The first-order valence-corrected chi connectivity index (χ1v) is 6.21. The summed E-state index contributed by atoms with van der Waals surface area (Å²) >= 11 is 0. The molecular weight excluding hydrogens is 200 g/mol. The molecule has 94 valence electrons. The second-order valence-corrected chi connectivity index (χ2v) is 6.54. The average Bonchev–Trinajstić information content (AvgIpc) is 2.46. The molecule has 0 aromatic carbocycles. The number of rotatable bonds is 3. The number of nitrogens with zero attached hydrogens (tertiary/aromatic N) is 1. The number of nitrogens with two attached hydrogens (primary N) is 1. The van der Waals surface area contributed by atoms with Crippen LogP contribution in [0.1, 0.15) is 47.5 Å². The van der Waals surface area contributed by atoms with Gasteiger partial charge in [-0.3, -0.25) is 4.79 Å². The summed E-state index contributed by atoms with van der Waals surface area (Å²) in [5.74, 6) is 0.827. The largest absolute Gasteiger partial charge is 0.342 e. The van der Waals surface area contributed by atoms with Crippen molar-refractivity contribution < 1.29 is 4.79 Å². The maximum atomic E-state index is 12.0. The Kier molecular flexibility index (Phi) is 3.68. The van der Waals surface area contributed by atoms with E-state index in [-0.39, 0.29) is 11.3 Å². The predicted molar refractivity (Wildman–Crippen MR) is 67.0 cm³/mol. The van der Waals surface area contributed by atoms with Crippen LogP contribution in [0.25, 0.3) is 0 Å². The lowest BCUT2D eigenvalue weighted by Crippen LogP contribution is -2.41. The summed E-state index contributed by atoms with van der Waals surface area (Å²) in [4.78, 5) is 14.0. The summed E-state index contributed by atoms with van der Waals surface area (Å²) in [7, 11) is 0. The van der Waals surface area contributed by atoms with Gasteiger partial charge in [0.25, 0.3) is 0 Å². The zero-order chi connectivity index (χ0) is 12.6. The first kappa shape index (κ1) is 13.5. The number of carbonyl (C=O) groups excluding carboxylic acids is 1. The van der Waals surface area contributed by atoms with E-state index in [1.165, 1.54) is 0 Å². The molecule has 1 amide bonds. The van der Waals surface area contributed by atoms with Gasteiger partial charge in [-0.2, -0.15) is 0 Å². The molecule has 1 atom stereocenters. The number of carbonyl (C=O) groups is 1. The highest BCUT2D eigenvalue weighted by Crippen LogP contribution is 2.37. The predicted octanol–water partition coefficient (Wildman–Crippen LogP) is 2.01. The van der Waals surface area contributed by atoms with E-state index in [0.717, 1.165) is 19.5 Å². The molecule has 0 aromatic rings. The summed E-state index contributed by atoms with van der Waals surface area (Å²) in [6.45, 7) is 12.3. The first-order valence-electron chi connectivity index (χ1n) is 6.21. The van der Waals surface area contributed by atoms with Crippen molar-refractivity contribution in [2.45, 2.75) is 53.0 Å². The molecule has 1 fully saturated rings. The number of hydrogen-bond donors (Lipinski definition) is 1. The first-order chi connectivity index (χ1) is 7.14. The van der Waals surface area contributed by atoms with E-state index in [1.807, 2.05) is 18.7 Å². The topological polar surface area (TPSA) is 46.3 Å². The highest BCUT2D eigenvalue weighted by Gasteiger charge is 2.38. The molecule has 3 nitrogen and oxygen atoms in total. The minimum absolute atomic E-state index is 0.205. The fourth-order valence-corrected chi connectivity index (χ4v) is 2.17. The summed E-state index contributed by atoms with van der Waals surface area (Å²) in [5.41, 5.74) is 5.78. The van der Waals surface area contributed by atoms with Gasteiger partial charge in [-0.15, -0.1) is 0 Å². The van der Waals surface area contributed by atoms with E-state index in [1.54, 1.807) is 0 Å². The third kappa shape index (κ3) is 3.21. The van der Waals surface area contributed by atoms with Gasteiger partial charge in [-0.25, -0.2) is 0 Å². The quantitative estimate of drug-likeness (QED) is 0.800. The van der Waals surface area contributed by atoms with Crippen LogP contribution >= 0.6 is 0 Å². The second-order valence-electron chi connectivity index (χ2n) is 6.54. The van der Waals surface area contributed by atoms with Crippen molar-refractivity contribution >= 4 is 5.91 Å². The van der Waals surface area contributed by atoms with Gasteiger partial charge < -0.3 is 10.6 Å². The van der Waals surface area contributed by atoms with Gasteiger partial charge in [0.2, 0.25) is 5.91 Å². The van der Waals surface area contributed by atoms with Crippen LogP contribution in [0.5, 0.6) is 0 Å². The summed E-state index contributed by atoms with van der Waals surface area (Å²) < 4.78 is 0. The molecule has 2 N–H and O–H groups in total. The van der Waals surface area contributed by atoms with Gasteiger partial charge in [0, 0.05) is 25.0 Å². The average molecular weight is 226 g/mol. The van der Waals surface area contributed by atoms with Crippen molar-refractivity contribution in [1.29, 1.82) is 0 Å². The maximum absolute atomic E-state index is 12.0. The summed E-state index contributed by atoms with van der Waals surface area (Å²) in [6, 6.07) is 0. The van der Waals surface area contributed by atoms with Crippen molar-refractivity contribution in [3.05, 3.63) is 0 Å². The summed E-state index contributed by atoms with van der Waals surface area (Å²) in [5, 5.41) is 0. The van der Waals surface area contributed by atoms with E-state index in [2.05, 4.69) is 20.8 Å². The lowest BCUT2D eigenvalue weighted by atomic mass is 9.78. The van der Waals surface area contributed by atoms with Crippen molar-refractivity contribution in [3.63, 3.8) is 0 Å². The molecule has 1 heterocycles. The lowest BCUT2D eigenvalue weighted by Gasteiger charge is -2.29. The normalized spacial score (nSPS) is 26.6. The molecule has 1 aliphatic rings. The molecule has 0 spiro atoms. The zero-order valence-electron chi connectivity index (χ0n) is 11.3. The third-order valence-electron chi connectivity index (χ3n) is 3.86. The summed E-state index contributed by atoms with van der Waals surface area (Å²) in [6.07, 6.45) is 1.56. The molecular formula is C13H26N2O. The van der Waals surface area contributed by atoms with Crippen LogP contribution in [0.15, 0.2) is 0 Å². The van der Waals surface area contributed by atoms with Crippen LogP contribution in [0, 0.1) is 11.3 Å². The molecule has 16 heavy (non-hydrogen) atoms. The Morgan fingerprint density at radius 1 is 1.50 bits per heavy atom. The minimum atomic E-state index is -0.395. The third-order valence-corrected chi connectivity index (χ3v) is 3.86. The standard InChI is InChI=1S/C13H26N2O/c1-10(2)13(5)6-7-15(9-13)11(16)8-12(3,4)14/h10H,6-9,14H2,1-5H3/t13-/m0/s1. The molecule has 0 unspecified atom stereocenters. The molecule has 0 aromatic heterocycles. The SMILES string of the molecule is CC(C)[C@@]1(C)CCN(C(=O)CC(C)(C)N)C1. The van der Waals surface area contributed by atoms with Gasteiger partial charge in [0.15, 0.2) is 0 Å². The van der Waals surface area contributed by atoms with Crippen LogP contribution < -0.4 is 5.73 Å². The van der Waals surface area contributed by atoms with E-state index in [0.29, 0.717) is 12.3 Å². The lowest BCUT2D eigenvalue weighted by molar-refractivity contribution is -0.131. The highest BCUT2D eigenvalue weighted by atomic mass is 16.2. The zero-order valence-corrected chi connectivity index (χ0v) is 11.3. The molecule has 0 radical (unpaired) electrons. The van der Waals surface area contributed by atoms with Crippen LogP contribution in [0.2, 0.25) is 0 Å². The monoisotopic (exact) mass is 226 g/mol. The van der Waals surface area contributed by atoms with Gasteiger partial charge >= 0.3 is 0 Å². The maximum Gasteiger partial charge on any atom is 0.224 e. The van der Waals surface area contributed by atoms with Gasteiger partial charge in [-0.05, 0) is 31.6 Å². The van der Waals surface area contributed by atoms with E-state index < -0.39 is 5.54 Å². The Labute approximate surface area is 99.4 Å². The fourth-order valence-electron chi connectivity index (χ4n) is 2.17. The minimum Gasteiger partial charge on any atom is -0.342 e. The van der Waals surface area contributed by atoms with Crippen LogP contribution in [0.4, 0.5) is 0 Å². The number of amides is 1. The van der Waals surface area contributed by atoms with E-state index in [4.69, 9.17) is 5.73 Å². The van der Waals surface area contributed by atoms with Gasteiger partial charge in [0.05, 0.1) is 0 Å². The fraction of sp³-hybridized carbons (Fsp3) is 0.923. The Morgan fingerprint density at radius 2 is 2.06 bits per heavy atom. The van der Waals surface area contributed by atoms with Crippen LogP contribution in [-0.4, -0.2) is 29.4 Å². The van der Waals surface area contributed by atoms with E-state index in [9.17, 15) is 4.79 Å². The Bertz CT molecular complexity index is 268. The van der Waals surface area contributed by atoms with Crippen molar-refractivity contribution in [1.82, 2.24) is 4.90 Å². The van der Waals surface area contributed by atoms with Crippen molar-refractivity contribution in [2.75, 3.05) is 13.1 Å². The highest BCUT2D eigenvalue weighted by molar-refractivity contribution is 5.77. The molecule has 0 bridgehead atoms. The molecule has 1 saturated heterocycles. The Morgan fingerprint density at radius 3 is 2.44 bits per heavy atom. The van der Waals surface area contributed by atoms with E-state index >= 15 is 0 Å². The molecule has 3 heteroatoms. The second kappa shape index (κ2) is 4.36. The van der Waals surface area contributed by atoms with Gasteiger partial charge in [0.1, 0.15) is 0 Å². The smallest absolute Gasteiger partial charge is 0.224 e. The molecule has 1 rings (SSSR count). The van der Waals surface area contributed by atoms with Crippen LogP contribution in [0.3, 0.4) is 0 Å². The van der Waals surface area contributed by atoms with Gasteiger partial charge in [-0.1, -0.05) is 20.8 Å². The van der Waals surface area contributed by atoms with Crippen LogP contribution in [-0.2, 0) is 4.79 Å². The Hall–Kier alpha value is -0.570. The van der Waals surface area contributed by atoms with Crippen molar-refractivity contribution in [3.8, 4) is 0 Å². The molecule has 0 saturated carbocycles. The molecule has 0 aliphatic carbocycles.